The van der Waals surface area contributed by atoms with Gasteiger partial charge in [0, 0.05) is 76.0 Å². The van der Waals surface area contributed by atoms with Gasteiger partial charge in [-0.15, -0.1) is 0 Å². The summed E-state index contributed by atoms with van der Waals surface area (Å²) in [5.41, 5.74) is 19.5. The minimum atomic E-state index is -1.51. The third-order valence-corrected chi connectivity index (χ3v) is 14.2. The molecule has 0 aliphatic carbocycles. The van der Waals surface area contributed by atoms with Gasteiger partial charge in [0.2, 0.25) is 0 Å². The highest BCUT2D eigenvalue weighted by Gasteiger charge is 2.19. The van der Waals surface area contributed by atoms with Crippen molar-refractivity contribution in [3.63, 3.8) is 0 Å². The lowest BCUT2D eigenvalue weighted by atomic mass is 9.80. The number of ether oxygens (including phenoxy) is 2. The largest absolute Gasteiger partial charge is 0.488 e. The standard InChI is InChI=1S/C24H27FN4OSi.C18H23ClN4OSi.C6H6BFO2/c1-31(2,3)13-12-30-16-29-22(18-8-10-27-23(26)14-18)15-21-20(9-11-28-24(21)29)17-4-6-19(25)7-5-17;1-25(2,3)9-8-24-12-23-16(13-4-6-21-17(20)10-13)11-14-15(19)5-7-22-18(14)23;8-6-3-1-5(2-4-6)7(9)10/h4-11,14-15H,12-13,16H2,1-3H3,(H2,26,27);4-7,10-11H,8-9,12H2,1-3H3,(H2,20,21);1-4,9-10H. The lowest BCUT2D eigenvalue weighted by Gasteiger charge is -2.17. The van der Waals surface area contributed by atoms with Gasteiger partial charge >= 0.3 is 7.12 Å². The van der Waals surface area contributed by atoms with Gasteiger partial charge < -0.3 is 40.1 Å². The molecule has 344 valence electrons. The molecule has 0 amide bonds. The van der Waals surface area contributed by atoms with E-state index in [1.165, 1.54) is 36.4 Å². The number of hydrogen-bond donors (Lipinski definition) is 4. The van der Waals surface area contributed by atoms with E-state index >= 15 is 0 Å². The highest BCUT2D eigenvalue weighted by atomic mass is 35.5. The first-order valence-corrected chi connectivity index (χ1v) is 29.2. The highest BCUT2D eigenvalue weighted by molar-refractivity contribution is 6.76. The lowest BCUT2D eigenvalue weighted by Crippen LogP contribution is -2.29. The molecule has 0 aliphatic rings. The third kappa shape index (κ3) is 13.6. The SMILES string of the molecule is C[Si](C)(C)CCOCn1c(-c2ccnc(N)c2)cc2c(-c3ccc(F)cc3)ccnc21.C[Si](C)(C)CCOCn1c(-c2ccnc(N)c2)cc2c(Cl)ccnc21.OB(O)c1ccc(F)cc1. The maximum atomic E-state index is 13.5. The van der Waals surface area contributed by atoms with Gasteiger partial charge in [-0.3, -0.25) is 0 Å². The minimum absolute atomic E-state index is 0.254. The van der Waals surface area contributed by atoms with Crippen molar-refractivity contribution in [2.24, 2.45) is 0 Å². The number of aromatic nitrogens is 6. The van der Waals surface area contributed by atoms with E-state index < -0.39 is 23.3 Å². The molecule has 8 aromatic rings. The Morgan fingerprint density at radius 2 is 1.02 bits per heavy atom. The summed E-state index contributed by atoms with van der Waals surface area (Å²) in [6, 6.07) is 29.2. The van der Waals surface area contributed by atoms with Gasteiger partial charge in [-0.05, 0) is 101 Å². The smallest absolute Gasteiger partial charge is 0.423 e. The van der Waals surface area contributed by atoms with E-state index in [9.17, 15) is 8.78 Å². The number of hydrogen-bond acceptors (Lipinski definition) is 10. The number of nitrogens with zero attached hydrogens (tertiary/aromatic N) is 6. The van der Waals surface area contributed by atoms with Crippen LogP contribution in [0.5, 0.6) is 0 Å². The van der Waals surface area contributed by atoms with Gasteiger partial charge in [0.1, 0.15) is 48.0 Å². The topological polar surface area (TPSA) is 172 Å². The van der Waals surface area contributed by atoms with E-state index in [1.54, 1.807) is 43.0 Å². The van der Waals surface area contributed by atoms with Crippen molar-refractivity contribution in [1.29, 1.82) is 0 Å². The molecule has 8 rings (SSSR count). The number of pyridine rings is 4. The summed E-state index contributed by atoms with van der Waals surface area (Å²) in [7, 11) is -3.82. The van der Waals surface area contributed by atoms with Crippen LogP contribution in [0.2, 0.25) is 56.4 Å². The van der Waals surface area contributed by atoms with Gasteiger partial charge in [-0.25, -0.2) is 28.7 Å². The second kappa shape index (κ2) is 22.1. The summed E-state index contributed by atoms with van der Waals surface area (Å²) in [6.07, 6.45) is 6.90. The van der Waals surface area contributed by atoms with Gasteiger partial charge in [-0.2, -0.15) is 0 Å². The molecule has 0 aliphatic heterocycles. The van der Waals surface area contributed by atoms with E-state index in [0.29, 0.717) is 42.2 Å². The van der Waals surface area contributed by atoms with Gasteiger partial charge in [-0.1, -0.05) is 75.1 Å². The lowest BCUT2D eigenvalue weighted by molar-refractivity contribution is 0.0908. The van der Waals surface area contributed by atoms with Crippen LogP contribution >= 0.6 is 11.6 Å². The molecule has 6 heterocycles. The Morgan fingerprint density at radius 3 is 1.48 bits per heavy atom. The van der Waals surface area contributed by atoms with Crippen LogP contribution < -0.4 is 16.9 Å². The number of anilines is 2. The summed E-state index contributed by atoms with van der Waals surface area (Å²) in [4.78, 5) is 17.3. The Balaban J connectivity index is 0.000000183. The number of nitrogens with two attached hydrogens (primary N) is 2. The fourth-order valence-electron chi connectivity index (χ4n) is 6.80. The second-order valence-corrected chi connectivity index (χ2v) is 29.8. The van der Waals surface area contributed by atoms with Crippen LogP contribution in [-0.2, 0) is 22.9 Å². The molecule has 0 atom stereocenters. The van der Waals surface area contributed by atoms with E-state index in [-0.39, 0.29) is 11.6 Å². The summed E-state index contributed by atoms with van der Waals surface area (Å²) < 4.78 is 41.8. The molecule has 0 bridgehead atoms. The van der Waals surface area contributed by atoms with Crippen molar-refractivity contribution in [3.8, 4) is 33.6 Å². The molecule has 0 fully saturated rings. The normalized spacial score (nSPS) is 11.6. The maximum absolute atomic E-state index is 13.5. The van der Waals surface area contributed by atoms with Crippen molar-refractivity contribution in [3.05, 3.63) is 139 Å². The Hall–Kier alpha value is -5.79. The van der Waals surface area contributed by atoms with Crippen molar-refractivity contribution in [1.82, 2.24) is 29.1 Å². The van der Waals surface area contributed by atoms with Crippen molar-refractivity contribution >= 4 is 74.0 Å². The molecule has 6 aromatic heterocycles. The molecule has 0 spiro atoms. The van der Waals surface area contributed by atoms with Crippen LogP contribution in [0.4, 0.5) is 20.4 Å². The molecular formula is C48H56BClF2N8O4Si2. The zero-order chi connectivity index (χ0) is 47.6. The van der Waals surface area contributed by atoms with Gasteiger partial charge in [0.15, 0.2) is 0 Å². The van der Waals surface area contributed by atoms with E-state index in [1.807, 2.05) is 41.0 Å². The van der Waals surface area contributed by atoms with Crippen LogP contribution in [0, 0.1) is 11.6 Å². The summed E-state index contributed by atoms with van der Waals surface area (Å²) in [6.45, 7) is 16.3. The summed E-state index contributed by atoms with van der Waals surface area (Å²) >= 11 is 6.36. The molecule has 0 unspecified atom stereocenters. The Labute approximate surface area is 391 Å². The van der Waals surface area contributed by atoms with Crippen molar-refractivity contribution < 1.29 is 28.3 Å². The second-order valence-electron chi connectivity index (χ2n) is 18.1. The quantitative estimate of drug-likeness (QED) is 0.0607. The first-order chi connectivity index (χ1) is 31.4. The highest BCUT2D eigenvalue weighted by Crippen LogP contribution is 2.35. The maximum Gasteiger partial charge on any atom is 0.488 e. The predicted molar refractivity (Wildman–Crippen MR) is 270 cm³/mol. The number of rotatable bonds is 14. The number of benzene rings is 2. The predicted octanol–water partition coefficient (Wildman–Crippen LogP) is 9.95. The average Bonchev–Trinajstić information content (AvgIpc) is 3.84. The van der Waals surface area contributed by atoms with Crippen LogP contribution in [0.3, 0.4) is 0 Å². The van der Waals surface area contributed by atoms with Crippen LogP contribution in [0.15, 0.2) is 122 Å². The average molecular weight is 949 g/mol. The Kier molecular flexibility index (Phi) is 16.6. The van der Waals surface area contributed by atoms with E-state index in [4.69, 9.17) is 42.6 Å². The summed E-state index contributed by atoms with van der Waals surface area (Å²) in [5.74, 6) is 0.299. The first kappa shape index (κ1) is 49.6. The monoisotopic (exact) mass is 948 g/mol. The van der Waals surface area contributed by atoms with E-state index in [0.717, 1.165) is 74.4 Å². The molecular weight excluding hydrogens is 893 g/mol. The molecule has 2 aromatic carbocycles. The first-order valence-electron chi connectivity index (χ1n) is 21.5. The van der Waals surface area contributed by atoms with Crippen LogP contribution in [0.1, 0.15) is 0 Å². The number of halogens is 3. The molecule has 0 saturated carbocycles. The van der Waals surface area contributed by atoms with Crippen LogP contribution in [0.25, 0.3) is 55.7 Å². The molecule has 6 N–H and O–H groups in total. The minimum Gasteiger partial charge on any atom is -0.423 e. The third-order valence-electron chi connectivity index (χ3n) is 10.5. The molecule has 18 heteroatoms. The Bertz CT molecular complexity index is 2860. The molecule has 66 heavy (non-hydrogen) atoms. The van der Waals surface area contributed by atoms with Gasteiger partial charge in [0.25, 0.3) is 0 Å². The van der Waals surface area contributed by atoms with Crippen molar-refractivity contribution in [2.45, 2.75) is 64.8 Å². The number of fused-ring (bicyclic) bond motifs is 2. The zero-order valence-electron chi connectivity index (χ0n) is 38.0. The molecule has 0 saturated heterocycles. The fraction of sp³-hybridized carbons (Fsp3) is 0.250. The molecule has 12 nitrogen and oxygen atoms in total. The van der Waals surface area contributed by atoms with Crippen LogP contribution in [-0.4, -0.2) is 75.6 Å². The van der Waals surface area contributed by atoms with E-state index in [2.05, 4.69) is 69.9 Å². The molecule has 0 radical (unpaired) electrons. The fourth-order valence-corrected chi connectivity index (χ4v) is 8.51. The summed E-state index contributed by atoms with van der Waals surface area (Å²) in [5, 5.41) is 19.7. The zero-order valence-corrected chi connectivity index (χ0v) is 40.8. The number of nitrogen functional groups attached to an aromatic ring is 2. The Morgan fingerprint density at radius 1 is 0.576 bits per heavy atom. The van der Waals surface area contributed by atoms with Crippen molar-refractivity contribution in [2.75, 3.05) is 24.7 Å². The van der Waals surface area contributed by atoms with Gasteiger partial charge in [0.05, 0.1) is 16.4 Å².